The Labute approximate surface area is 154 Å². The smallest absolute Gasteiger partial charge is 0.255 e. The lowest BCUT2D eigenvalue weighted by molar-refractivity contribution is -0.112. The number of amides is 1. The molecule has 0 radical (unpaired) electrons. The zero-order chi connectivity index (χ0) is 17.7. The van der Waals surface area contributed by atoms with Crippen LogP contribution in [0.3, 0.4) is 0 Å². The summed E-state index contributed by atoms with van der Waals surface area (Å²) >= 11 is 1.38. The Bertz CT molecular complexity index is 1150. The number of nitrogens with zero attached hydrogens (tertiary/aromatic N) is 1. The van der Waals surface area contributed by atoms with E-state index in [0.29, 0.717) is 22.4 Å². The molecule has 0 fully saturated rings. The molecular weight excluding hydrogens is 344 g/mol. The fraction of sp³-hybridized carbons (Fsp3) is 0.0952. The van der Waals surface area contributed by atoms with Crippen molar-refractivity contribution in [2.75, 3.05) is 5.32 Å². The third kappa shape index (κ3) is 2.17. The molecule has 0 bridgehead atoms. The van der Waals surface area contributed by atoms with Crippen molar-refractivity contribution in [1.82, 2.24) is 4.37 Å². The third-order valence-corrected chi connectivity index (χ3v) is 5.61. The lowest BCUT2D eigenvalue weighted by atomic mass is 9.86. The van der Waals surface area contributed by atoms with Gasteiger partial charge in [0.15, 0.2) is 5.78 Å². The van der Waals surface area contributed by atoms with Crippen molar-refractivity contribution in [2.45, 2.75) is 12.8 Å². The fourth-order valence-electron chi connectivity index (χ4n) is 3.56. The molecule has 1 N–H and O–H groups in total. The zero-order valence-corrected chi connectivity index (χ0v) is 14.6. The summed E-state index contributed by atoms with van der Waals surface area (Å²) in [5, 5.41) is 3.77. The Hall–Kier alpha value is -3.05. The van der Waals surface area contributed by atoms with Crippen molar-refractivity contribution in [3.63, 3.8) is 0 Å². The molecule has 2 aliphatic carbocycles. The van der Waals surface area contributed by atoms with Gasteiger partial charge in [-0.15, -0.1) is 0 Å². The summed E-state index contributed by atoms with van der Waals surface area (Å²) in [4.78, 5) is 25.8. The summed E-state index contributed by atoms with van der Waals surface area (Å²) in [6, 6.07) is 11.2. The summed E-state index contributed by atoms with van der Waals surface area (Å²) in [7, 11) is 0. The number of rotatable bonds is 2. The minimum absolute atomic E-state index is 0.0673. The Balaban J connectivity index is 1.67. The van der Waals surface area contributed by atoms with Gasteiger partial charge in [0.25, 0.3) is 5.91 Å². The topological polar surface area (TPSA) is 59.1 Å². The van der Waals surface area contributed by atoms with Gasteiger partial charge in [-0.3, -0.25) is 9.59 Å². The van der Waals surface area contributed by atoms with Gasteiger partial charge in [0.05, 0.1) is 21.6 Å². The number of carbonyl (C=O) groups excluding carboxylic acids is 2. The van der Waals surface area contributed by atoms with Crippen LogP contribution in [0.4, 0.5) is 5.69 Å². The Kier molecular flexibility index (Phi) is 3.36. The highest BCUT2D eigenvalue weighted by Crippen LogP contribution is 2.43. The van der Waals surface area contributed by atoms with Gasteiger partial charge in [-0.05, 0) is 36.5 Å². The molecule has 0 aliphatic heterocycles. The number of allylic oxidation sites excluding steroid dienone is 2. The molecule has 1 aromatic heterocycles. The minimum Gasteiger partial charge on any atom is -0.321 e. The highest BCUT2D eigenvalue weighted by Gasteiger charge is 2.30. The first-order chi connectivity index (χ1) is 12.7. The number of ketones is 1. The summed E-state index contributed by atoms with van der Waals surface area (Å²) in [5.74, 6) is -0.254. The maximum atomic E-state index is 13.2. The summed E-state index contributed by atoms with van der Waals surface area (Å²) in [6.07, 6.45) is 7.55. The van der Waals surface area contributed by atoms with E-state index in [1.54, 1.807) is 6.07 Å². The van der Waals surface area contributed by atoms with Gasteiger partial charge in [-0.25, -0.2) is 0 Å². The molecule has 1 amide bonds. The van der Waals surface area contributed by atoms with E-state index in [1.807, 2.05) is 48.6 Å². The maximum absolute atomic E-state index is 13.2. The van der Waals surface area contributed by atoms with Gasteiger partial charge < -0.3 is 5.32 Å². The summed E-state index contributed by atoms with van der Waals surface area (Å²) < 4.78 is 5.52. The predicted octanol–water partition coefficient (Wildman–Crippen LogP) is 4.72. The van der Waals surface area contributed by atoms with Crippen LogP contribution in [0.25, 0.3) is 21.3 Å². The molecule has 2 aromatic carbocycles. The van der Waals surface area contributed by atoms with E-state index >= 15 is 0 Å². The van der Waals surface area contributed by atoms with Crippen LogP contribution in [-0.2, 0) is 4.79 Å². The Morgan fingerprint density at radius 1 is 1.08 bits per heavy atom. The van der Waals surface area contributed by atoms with E-state index < -0.39 is 0 Å². The van der Waals surface area contributed by atoms with Crippen LogP contribution < -0.4 is 5.32 Å². The third-order valence-electron chi connectivity index (χ3n) is 4.80. The first kappa shape index (κ1) is 15.2. The van der Waals surface area contributed by atoms with Crippen LogP contribution in [0, 0.1) is 0 Å². The van der Waals surface area contributed by atoms with Crippen molar-refractivity contribution < 1.29 is 9.59 Å². The zero-order valence-electron chi connectivity index (χ0n) is 13.8. The highest BCUT2D eigenvalue weighted by atomic mass is 32.1. The van der Waals surface area contributed by atoms with Crippen LogP contribution in [-0.4, -0.2) is 16.1 Å². The van der Waals surface area contributed by atoms with Crippen molar-refractivity contribution >= 4 is 39.0 Å². The molecule has 5 heteroatoms. The maximum Gasteiger partial charge on any atom is 0.255 e. The average Bonchev–Trinajstić information content (AvgIpc) is 3.12. The number of carbonyl (C=O) groups is 2. The van der Waals surface area contributed by atoms with Gasteiger partial charge in [-0.1, -0.05) is 42.5 Å². The molecule has 1 heterocycles. The van der Waals surface area contributed by atoms with Crippen molar-refractivity contribution in [3.8, 4) is 11.3 Å². The van der Waals surface area contributed by atoms with E-state index in [1.165, 1.54) is 11.5 Å². The van der Waals surface area contributed by atoms with E-state index in [2.05, 4.69) is 9.69 Å². The Morgan fingerprint density at radius 2 is 1.92 bits per heavy atom. The molecule has 126 valence electrons. The van der Waals surface area contributed by atoms with E-state index in [9.17, 15) is 9.59 Å². The number of anilines is 1. The average molecular weight is 358 g/mol. The van der Waals surface area contributed by atoms with Crippen LogP contribution in [0.5, 0.6) is 0 Å². The molecule has 0 unspecified atom stereocenters. The second-order valence-electron chi connectivity index (χ2n) is 6.36. The first-order valence-corrected chi connectivity index (χ1v) is 9.26. The van der Waals surface area contributed by atoms with Gasteiger partial charge in [0.2, 0.25) is 0 Å². The fourth-order valence-corrected chi connectivity index (χ4v) is 4.36. The van der Waals surface area contributed by atoms with Crippen LogP contribution in [0.1, 0.15) is 28.8 Å². The van der Waals surface area contributed by atoms with Crippen molar-refractivity contribution in [3.05, 3.63) is 71.3 Å². The first-order valence-electron chi connectivity index (χ1n) is 8.48. The van der Waals surface area contributed by atoms with E-state index in [-0.39, 0.29) is 11.7 Å². The number of fused-ring (bicyclic) bond motifs is 2. The molecular formula is C21H14N2O2S. The molecule has 0 saturated carbocycles. The van der Waals surface area contributed by atoms with Gasteiger partial charge in [0.1, 0.15) is 0 Å². The summed E-state index contributed by atoms with van der Waals surface area (Å²) in [6.45, 7) is 0. The van der Waals surface area contributed by atoms with Crippen LogP contribution in [0.2, 0.25) is 0 Å². The largest absolute Gasteiger partial charge is 0.321 e. The van der Waals surface area contributed by atoms with E-state index in [4.69, 9.17) is 0 Å². The lowest BCUT2D eigenvalue weighted by Crippen LogP contribution is -2.18. The molecule has 2 aliphatic rings. The molecule has 5 rings (SSSR count). The predicted molar refractivity (Wildman–Crippen MR) is 104 cm³/mol. The second kappa shape index (κ2) is 5.75. The second-order valence-corrected chi connectivity index (χ2v) is 7.17. The number of hydrogen-bond donors (Lipinski definition) is 1. The van der Waals surface area contributed by atoms with Crippen molar-refractivity contribution in [2.24, 2.45) is 0 Å². The molecule has 0 saturated heterocycles. The van der Waals surface area contributed by atoms with Crippen LogP contribution in [0.15, 0.2) is 60.2 Å². The summed E-state index contributed by atoms with van der Waals surface area (Å²) in [5.41, 5.74) is 4.03. The number of hydrogen-bond acceptors (Lipinski definition) is 4. The van der Waals surface area contributed by atoms with Gasteiger partial charge >= 0.3 is 0 Å². The SMILES string of the molecule is O=C(Nc1ccc2snc3c2c1C(=O)c1ccccc1-3)C1=CCCC=C1. The molecule has 3 aromatic rings. The lowest BCUT2D eigenvalue weighted by Gasteiger charge is -2.18. The number of benzene rings is 2. The monoisotopic (exact) mass is 358 g/mol. The molecule has 4 nitrogen and oxygen atoms in total. The van der Waals surface area contributed by atoms with Crippen molar-refractivity contribution in [1.29, 1.82) is 0 Å². The molecule has 0 atom stereocenters. The Morgan fingerprint density at radius 3 is 2.73 bits per heavy atom. The van der Waals surface area contributed by atoms with Gasteiger partial charge in [0, 0.05) is 22.1 Å². The normalized spacial score (nSPS) is 14.9. The van der Waals surface area contributed by atoms with E-state index in [0.717, 1.165) is 34.2 Å². The quantitative estimate of drug-likeness (QED) is 0.564. The molecule has 0 spiro atoms. The number of nitrogens with one attached hydrogen (secondary N) is 1. The van der Waals surface area contributed by atoms with Gasteiger partial charge in [-0.2, -0.15) is 4.37 Å². The standard InChI is InChI=1S/C21H14N2O2S/c24-20-14-9-5-4-8-13(14)19-18-16(26-23-19)11-10-15(17(18)20)22-21(25)12-6-2-1-3-7-12/h2,4-11H,1,3H2,(H,22,25). The van der Waals surface area contributed by atoms with Crippen LogP contribution >= 0.6 is 11.5 Å². The molecule has 26 heavy (non-hydrogen) atoms. The number of aromatic nitrogens is 1. The minimum atomic E-state index is -0.187. The highest BCUT2D eigenvalue weighted by molar-refractivity contribution is 7.13.